The zero-order chi connectivity index (χ0) is 29.4. The van der Waals surface area contributed by atoms with Gasteiger partial charge in [0, 0.05) is 82.5 Å². The summed E-state index contributed by atoms with van der Waals surface area (Å²) in [6, 6.07) is 0.0206. The molecular formula is C32H53NO8. The molecule has 1 aliphatic heterocycles. The lowest BCUT2D eigenvalue weighted by atomic mass is 9.43. The van der Waals surface area contributed by atoms with Crippen LogP contribution in [-0.4, -0.2) is 111 Å². The molecule has 0 radical (unpaired) electrons. The lowest BCUT2D eigenvalue weighted by molar-refractivity contribution is -0.285. The van der Waals surface area contributed by atoms with Gasteiger partial charge in [-0.05, 0) is 38.1 Å². The molecule has 0 aromatic carbocycles. The molecule has 0 aromatic rings. The first kappa shape index (κ1) is 30.2. The molecule has 6 aliphatic rings. The fourth-order valence-electron chi connectivity index (χ4n) is 12.0. The normalized spacial score (nSPS) is 51.2. The highest BCUT2D eigenvalue weighted by atomic mass is 16.6. The van der Waals surface area contributed by atoms with Crippen molar-refractivity contribution >= 4 is 5.97 Å². The van der Waals surface area contributed by atoms with Crippen LogP contribution >= 0.6 is 0 Å². The number of carbonyl (C=O) groups is 1. The van der Waals surface area contributed by atoms with Crippen molar-refractivity contribution in [3.8, 4) is 0 Å². The third-order valence-electron chi connectivity index (χ3n) is 12.9. The van der Waals surface area contributed by atoms with E-state index in [0.717, 1.165) is 51.6 Å². The Morgan fingerprint density at radius 2 is 1.68 bits per heavy atom. The lowest BCUT2D eigenvalue weighted by Gasteiger charge is -2.69. The summed E-state index contributed by atoms with van der Waals surface area (Å²) in [4.78, 5) is 15.8. The van der Waals surface area contributed by atoms with Crippen molar-refractivity contribution in [2.24, 2.45) is 34.5 Å². The Kier molecular flexibility index (Phi) is 7.87. The van der Waals surface area contributed by atoms with E-state index >= 15 is 0 Å². The molecule has 1 unspecified atom stereocenters. The van der Waals surface area contributed by atoms with E-state index in [2.05, 4.69) is 18.7 Å². The van der Waals surface area contributed by atoms with Crippen LogP contribution in [0, 0.1) is 34.5 Å². The minimum absolute atomic E-state index is 0.0206. The van der Waals surface area contributed by atoms with Crippen LogP contribution in [-0.2, 0) is 28.5 Å². The average molecular weight is 580 g/mol. The van der Waals surface area contributed by atoms with Crippen molar-refractivity contribution < 1.29 is 38.7 Å². The third-order valence-corrected chi connectivity index (χ3v) is 12.9. The molecule has 1 heterocycles. The summed E-state index contributed by atoms with van der Waals surface area (Å²) in [5.74, 6) is -0.990. The predicted octanol–water partition coefficient (Wildman–Crippen LogP) is 2.79. The van der Waals surface area contributed by atoms with Crippen molar-refractivity contribution in [1.29, 1.82) is 0 Å². The molecule has 5 aliphatic carbocycles. The van der Waals surface area contributed by atoms with Gasteiger partial charge in [-0.25, -0.2) is 0 Å². The van der Waals surface area contributed by atoms with Gasteiger partial charge in [-0.3, -0.25) is 9.69 Å². The Balaban J connectivity index is 1.50. The number of hydrogen-bond acceptors (Lipinski definition) is 9. The topological polar surface area (TPSA) is 107 Å². The number of rotatable bonds is 12. The molecule has 1 saturated heterocycles. The number of esters is 1. The fraction of sp³-hybridized carbons (Fsp3) is 0.969. The molecule has 9 nitrogen and oxygen atoms in total. The summed E-state index contributed by atoms with van der Waals surface area (Å²) in [5, 5.41) is 25.6. The van der Waals surface area contributed by atoms with Crippen LogP contribution in [0.5, 0.6) is 0 Å². The minimum atomic E-state index is -1.37. The van der Waals surface area contributed by atoms with E-state index in [4.69, 9.17) is 23.7 Å². The van der Waals surface area contributed by atoms with Gasteiger partial charge in [0.05, 0.1) is 30.5 Å². The van der Waals surface area contributed by atoms with Crippen LogP contribution in [0.25, 0.3) is 0 Å². The van der Waals surface area contributed by atoms with Gasteiger partial charge in [-0.2, -0.15) is 0 Å². The molecule has 0 amide bonds. The van der Waals surface area contributed by atoms with E-state index in [1.54, 1.807) is 21.3 Å². The summed E-state index contributed by atoms with van der Waals surface area (Å²) in [6.07, 6.45) is 5.02. The smallest absolute Gasteiger partial charge is 0.306 e. The van der Waals surface area contributed by atoms with Gasteiger partial charge >= 0.3 is 5.97 Å². The van der Waals surface area contributed by atoms with Crippen molar-refractivity contribution in [3.05, 3.63) is 0 Å². The number of fused-ring (bicyclic) bond motifs is 2. The number of piperidine rings is 1. The number of methoxy groups -OCH3 is 4. The van der Waals surface area contributed by atoms with Crippen LogP contribution in [0.15, 0.2) is 0 Å². The van der Waals surface area contributed by atoms with Crippen LogP contribution < -0.4 is 0 Å². The van der Waals surface area contributed by atoms with E-state index in [9.17, 15) is 15.0 Å². The van der Waals surface area contributed by atoms with Gasteiger partial charge in [0.15, 0.2) is 0 Å². The largest absolute Gasteiger partial charge is 0.459 e. The summed E-state index contributed by atoms with van der Waals surface area (Å²) >= 11 is 0. The molecule has 6 fully saturated rings. The fourth-order valence-corrected chi connectivity index (χ4v) is 12.0. The molecule has 234 valence electrons. The Hall–Kier alpha value is -0.810. The molecule has 1 spiro atoms. The van der Waals surface area contributed by atoms with Gasteiger partial charge in [0.25, 0.3) is 0 Å². The Morgan fingerprint density at radius 1 is 0.927 bits per heavy atom. The minimum Gasteiger partial charge on any atom is -0.459 e. The van der Waals surface area contributed by atoms with E-state index in [1.165, 1.54) is 0 Å². The molecule has 0 aromatic heterocycles. The summed E-state index contributed by atoms with van der Waals surface area (Å²) in [6.45, 7) is 6.70. The van der Waals surface area contributed by atoms with Crippen LogP contribution in [0.1, 0.15) is 71.6 Å². The standard InChI is InChI=1S/C32H53NO8/c1-7-9-10-11-12-22(34)41-28-23-19-15-30(28,35)21(39-5)16-31(23,36)24-25(40-6)26-29(18-37-3)14-13-20(38-4)32(19,26)27(24)33(8-2)17-29/h19-21,23-28,35-36H,7-18H2,1-6H3/t19-,20?,21+,23-,24+,25+,26-,27-,28-,29+,30-,31-,32+/m1/s1. The van der Waals surface area contributed by atoms with Crippen LogP contribution in [0.3, 0.4) is 0 Å². The Morgan fingerprint density at radius 3 is 2.32 bits per heavy atom. The maximum Gasteiger partial charge on any atom is 0.306 e. The van der Waals surface area contributed by atoms with Crippen molar-refractivity contribution in [2.45, 2.75) is 113 Å². The van der Waals surface area contributed by atoms with E-state index in [0.29, 0.717) is 25.9 Å². The zero-order valence-corrected chi connectivity index (χ0v) is 26.0. The second kappa shape index (κ2) is 10.7. The van der Waals surface area contributed by atoms with E-state index < -0.39 is 29.3 Å². The van der Waals surface area contributed by atoms with Crippen molar-refractivity contribution in [3.63, 3.8) is 0 Å². The van der Waals surface area contributed by atoms with Crippen LogP contribution in [0.4, 0.5) is 0 Å². The van der Waals surface area contributed by atoms with Gasteiger partial charge in [-0.15, -0.1) is 0 Å². The number of likely N-dealkylation sites (tertiary alicyclic amines) is 1. The molecule has 13 atom stereocenters. The molecule has 5 saturated carbocycles. The second-order valence-electron chi connectivity index (χ2n) is 14.2. The second-order valence-corrected chi connectivity index (χ2v) is 14.2. The predicted molar refractivity (Wildman–Crippen MR) is 151 cm³/mol. The maximum atomic E-state index is 13.3. The van der Waals surface area contributed by atoms with Crippen molar-refractivity contribution in [2.75, 3.05) is 48.1 Å². The highest BCUT2D eigenvalue weighted by molar-refractivity contribution is 5.70. The number of aliphatic hydroxyl groups is 2. The SMILES string of the molecule is CCCCCCC(=O)O[C@@H]1[C@H]2[C@H]3C[C@@]1(O)[C@@H](OC)C[C@]2(O)[C@H]1[C@H](OC)[C@@H]2[C@@]4(COC)CCC(OC)[C@@]32[C@@H]1N(CC)C4. The molecule has 2 N–H and O–H groups in total. The van der Waals surface area contributed by atoms with Crippen LogP contribution in [0.2, 0.25) is 0 Å². The molecule has 7 bridgehead atoms. The molecule has 6 rings (SSSR count). The summed E-state index contributed by atoms with van der Waals surface area (Å²) < 4.78 is 31.1. The first-order valence-corrected chi connectivity index (χ1v) is 16.1. The van der Waals surface area contributed by atoms with Crippen molar-refractivity contribution in [1.82, 2.24) is 4.90 Å². The Bertz CT molecular complexity index is 997. The third kappa shape index (κ3) is 3.75. The highest BCUT2D eigenvalue weighted by Crippen LogP contribution is 2.80. The number of hydrogen-bond donors (Lipinski definition) is 2. The van der Waals surface area contributed by atoms with Gasteiger partial charge in [0.1, 0.15) is 11.7 Å². The van der Waals surface area contributed by atoms with E-state index in [1.807, 2.05) is 7.11 Å². The monoisotopic (exact) mass is 579 g/mol. The molecular weight excluding hydrogens is 526 g/mol. The van der Waals surface area contributed by atoms with Gasteiger partial charge < -0.3 is 33.9 Å². The Labute approximate surface area is 245 Å². The molecule has 9 heteroatoms. The lowest BCUT2D eigenvalue weighted by Crippen LogP contribution is -2.77. The number of carbonyl (C=O) groups excluding carboxylic acids is 1. The zero-order valence-electron chi connectivity index (χ0n) is 26.0. The molecule has 41 heavy (non-hydrogen) atoms. The van der Waals surface area contributed by atoms with Gasteiger partial charge in [0.2, 0.25) is 0 Å². The summed E-state index contributed by atoms with van der Waals surface area (Å²) in [7, 11) is 6.98. The quantitative estimate of drug-likeness (QED) is 0.267. The first-order valence-electron chi connectivity index (χ1n) is 16.1. The van der Waals surface area contributed by atoms with E-state index in [-0.39, 0.29) is 52.8 Å². The summed E-state index contributed by atoms with van der Waals surface area (Å²) in [5.41, 5.74) is -3.15. The maximum absolute atomic E-state index is 13.3. The average Bonchev–Trinajstić information content (AvgIpc) is 3.34. The van der Waals surface area contributed by atoms with Gasteiger partial charge in [-0.1, -0.05) is 33.1 Å². The number of ether oxygens (including phenoxy) is 5. The first-order chi connectivity index (χ1) is 19.7. The number of nitrogens with zero attached hydrogens (tertiary/aromatic N) is 1. The number of unbranched alkanes of at least 4 members (excludes halogenated alkanes) is 3. The highest BCUT2D eigenvalue weighted by Gasteiger charge is 2.88.